The summed E-state index contributed by atoms with van der Waals surface area (Å²) in [4.78, 5) is 25.0. The Bertz CT molecular complexity index is 997. The first kappa shape index (κ1) is 28.8. The number of benzene rings is 1. The molecule has 7 nitrogen and oxygen atoms in total. The number of carbonyl (C=O) groups is 2. The Morgan fingerprint density at radius 2 is 1.94 bits per heavy atom. The van der Waals surface area contributed by atoms with Gasteiger partial charge in [0.1, 0.15) is 17.1 Å². The van der Waals surface area contributed by atoms with E-state index in [-0.39, 0.29) is 30.2 Å². The van der Waals surface area contributed by atoms with Crippen LogP contribution in [0.3, 0.4) is 0 Å². The number of allylic oxidation sites excluding steroid dienone is 2. The van der Waals surface area contributed by atoms with Gasteiger partial charge in [0.05, 0.1) is 24.4 Å². The fraction of sp³-hybridized carbons (Fsp3) is 0.571. The van der Waals surface area contributed by atoms with Gasteiger partial charge in [0.15, 0.2) is 11.6 Å². The number of ether oxygens (including phenoxy) is 2. The first-order valence-electron chi connectivity index (χ1n) is 12.0. The van der Waals surface area contributed by atoms with Crippen molar-refractivity contribution in [2.24, 2.45) is 0 Å². The second-order valence-electron chi connectivity index (χ2n) is 10.7. The van der Waals surface area contributed by atoms with E-state index in [0.29, 0.717) is 30.6 Å². The second kappa shape index (κ2) is 11.1. The van der Waals surface area contributed by atoms with Gasteiger partial charge < -0.3 is 24.8 Å². The van der Waals surface area contributed by atoms with Crippen molar-refractivity contribution in [3.05, 3.63) is 41.0 Å². The van der Waals surface area contributed by atoms with E-state index in [2.05, 4.69) is 0 Å². The highest BCUT2D eigenvalue weighted by molar-refractivity contribution is 5.91. The number of carbonyl (C=O) groups excluding carboxylic acids is 2. The van der Waals surface area contributed by atoms with Crippen molar-refractivity contribution in [3.63, 3.8) is 0 Å². The number of aryl methyl sites for hydroxylation is 1. The molecule has 0 saturated carbocycles. The summed E-state index contributed by atoms with van der Waals surface area (Å²) < 4.78 is 11.3. The average Bonchev–Trinajstić information content (AvgIpc) is 3.00. The highest BCUT2D eigenvalue weighted by atomic mass is 16.5. The van der Waals surface area contributed by atoms with Gasteiger partial charge in [-0.15, -0.1) is 0 Å². The number of Topliss-reactive ketones (excluding diaryl/α,β-unsaturated/α-hetero) is 1. The lowest BCUT2D eigenvalue weighted by Gasteiger charge is -2.28. The Balaban J connectivity index is 1.94. The van der Waals surface area contributed by atoms with Crippen LogP contribution < -0.4 is 4.74 Å². The molecule has 1 saturated heterocycles. The third kappa shape index (κ3) is 8.02. The minimum atomic E-state index is -1.39. The van der Waals surface area contributed by atoms with E-state index in [1.807, 2.05) is 13.8 Å². The van der Waals surface area contributed by atoms with Gasteiger partial charge in [-0.2, -0.15) is 0 Å². The lowest BCUT2D eigenvalue weighted by atomic mass is 9.91. The number of phenols is 1. The van der Waals surface area contributed by atoms with Crippen LogP contribution in [0, 0.1) is 6.92 Å². The van der Waals surface area contributed by atoms with Crippen LogP contribution in [0.15, 0.2) is 29.9 Å². The molecule has 0 bridgehead atoms. The zero-order valence-corrected chi connectivity index (χ0v) is 22.0. The van der Waals surface area contributed by atoms with Gasteiger partial charge in [-0.25, -0.2) is 0 Å². The monoisotopic (exact) mass is 488 g/mol. The van der Waals surface area contributed by atoms with Crippen LogP contribution in [0.5, 0.6) is 11.5 Å². The highest BCUT2D eigenvalue weighted by Gasteiger charge is 2.48. The third-order valence-corrected chi connectivity index (χ3v) is 6.43. The Labute approximate surface area is 208 Å². The van der Waals surface area contributed by atoms with E-state index in [9.17, 15) is 24.9 Å². The van der Waals surface area contributed by atoms with Crippen LogP contribution in [0.1, 0.15) is 77.8 Å². The molecule has 194 valence electrons. The summed E-state index contributed by atoms with van der Waals surface area (Å²) in [7, 11) is 1.53. The number of hydrogen-bond acceptors (Lipinski definition) is 7. The molecule has 2 rings (SSSR count). The van der Waals surface area contributed by atoms with Gasteiger partial charge >= 0.3 is 0 Å². The van der Waals surface area contributed by atoms with Crippen molar-refractivity contribution in [3.8, 4) is 11.5 Å². The maximum absolute atomic E-state index is 12.6. The number of rotatable bonds is 11. The number of aliphatic hydroxyl groups is 2. The van der Waals surface area contributed by atoms with Crippen molar-refractivity contribution in [1.82, 2.24) is 0 Å². The summed E-state index contributed by atoms with van der Waals surface area (Å²) in [5.74, 6) is 0.456. The summed E-state index contributed by atoms with van der Waals surface area (Å²) in [5, 5.41) is 30.7. The predicted octanol–water partition coefficient (Wildman–Crippen LogP) is 4.44. The van der Waals surface area contributed by atoms with E-state index in [4.69, 9.17) is 9.47 Å². The lowest BCUT2D eigenvalue weighted by molar-refractivity contribution is -0.141. The minimum Gasteiger partial charge on any atom is -0.508 e. The number of phenolic OH excluding ortho intramolecular Hbond substituents is 1. The Kier molecular flexibility index (Phi) is 9.09. The van der Waals surface area contributed by atoms with Crippen molar-refractivity contribution < 1.29 is 34.4 Å². The van der Waals surface area contributed by atoms with Crippen LogP contribution in [-0.4, -0.2) is 56.9 Å². The molecule has 35 heavy (non-hydrogen) atoms. The SMILES string of the molecule is COc1c(C)cc(O)cc1/C=C/C(C)(O)CC(=O)/C=C(\C)CCC[C@@]1(C)O[C@H](C(C)(C)O)CC1=O. The van der Waals surface area contributed by atoms with Gasteiger partial charge in [-0.3, -0.25) is 9.59 Å². The number of ketones is 2. The van der Waals surface area contributed by atoms with Crippen LogP contribution in [0.25, 0.3) is 6.08 Å². The van der Waals surface area contributed by atoms with E-state index < -0.39 is 22.9 Å². The van der Waals surface area contributed by atoms with E-state index in [0.717, 1.165) is 11.1 Å². The zero-order chi connectivity index (χ0) is 26.6. The molecule has 0 aliphatic carbocycles. The van der Waals surface area contributed by atoms with Crippen molar-refractivity contribution in [1.29, 1.82) is 0 Å². The summed E-state index contributed by atoms with van der Waals surface area (Å²) in [6.45, 7) is 10.3. The molecule has 0 aromatic heterocycles. The van der Waals surface area contributed by atoms with Gasteiger partial charge in [0, 0.05) is 18.4 Å². The molecule has 0 spiro atoms. The molecule has 1 aromatic carbocycles. The molecular weight excluding hydrogens is 448 g/mol. The molecule has 1 unspecified atom stereocenters. The van der Waals surface area contributed by atoms with E-state index >= 15 is 0 Å². The molecule has 1 aromatic rings. The van der Waals surface area contributed by atoms with E-state index in [1.54, 1.807) is 39.8 Å². The molecule has 1 aliphatic rings. The van der Waals surface area contributed by atoms with Crippen LogP contribution >= 0.6 is 0 Å². The van der Waals surface area contributed by atoms with Gasteiger partial charge in [-0.05, 0) is 84.6 Å². The summed E-state index contributed by atoms with van der Waals surface area (Å²) in [6.07, 6.45) is 6.04. The molecule has 0 radical (unpaired) electrons. The zero-order valence-electron chi connectivity index (χ0n) is 22.0. The van der Waals surface area contributed by atoms with Crippen LogP contribution in [0.4, 0.5) is 0 Å². The Morgan fingerprint density at radius 3 is 2.51 bits per heavy atom. The summed E-state index contributed by atoms with van der Waals surface area (Å²) in [6, 6.07) is 3.12. The average molecular weight is 489 g/mol. The predicted molar refractivity (Wildman–Crippen MR) is 135 cm³/mol. The number of hydrogen-bond donors (Lipinski definition) is 3. The minimum absolute atomic E-state index is 0.0104. The lowest BCUT2D eigenvalue weighted by Crippen LogP contribution is -2.38. The molecule has 1 aliphatic heterocycles. The smallest absolute Gasteiger partial charge is 0.167 e. The summed E-state index contributed by atoms with van der Waals surface area (Å²) in [5.41, 5.74) is -1.17. The third-order valence-electron chi connectivity index (χ3n) is 6.43. The largest absolute Gasteiger partial charge is 0.508 e. The highest BCUT2D eigenvalue weighted by Crippen LogP contribution is 2.36. The maximum atomic E-state index is 12.6. The molecule has 3 atom stereocenters. The first-order valence-corrected chi connectivity index (χ1v) is 12.0. The molecule has 7 heteroatoms. The quantitative estimate of drug-likeness (QED) is 0.395. The Hall–Kier alpha value is -2.48. The molecule has 3 N–H and O–H groups in total. The molecule has 1 heterocycles. The fourth-order valence-corrected chi connectivity index (χ4v) is 4.37. The Morgan fingerprint density at radius 1 is 1.29 bits per heavy atom. The van der Waals surface area contributed by atoms with Crippen molar-refractivity contribution >= 4 is 17.6 Å². The number of methoxy groups -OCH3 is 1. The van der Waals surface area contributed by atoms with Crippen molar-refractivity contribution in [2.75, 3.05) is 7.11 Å². The normalized spacial score (nSPS) is 23.1. The fourth-order valence-electron chi connectivity index (χ4n) is 4.37. The second-order valence-corrected chi connectivity index (χ2v) is 10.7. The standard InChI is InChI=1S/C28H40O7/c1-18(9-8-11-28(6)23(31)16-24(35-28)26(3,4)32)13-22(30)17-27(5,33)12-10-20-15-21(29)14-19(2)25(20)34-7/h10,12-15,24,29,32-33H,8-9,11,16-17H2,1-7H3/b12-10+,18-13+/t24-,27?,28+/m0/s1. The van der Waals surface area contributed by atoms with Crippen LogP contribution in [0.2, 0.25) is 0 Å². The summed E-state index contributed by atoms with van der Waals surface area (Å²) >= 11 is 0. The first-order chi connectivity index (χ1) is 16.1. The van der Waals surface area contributed by atoms with Gasteiger partial charge in [0.25, 0.3) is 0 Å². The maximum Gasteiger partial charge on any atom is 0.167 e. The van der Waals surface area contributed by atoms with E-state index in [1.165, 1.54) is 25.3 Å². The van der Waals surface area contributed by atoms with Crippen molar-refractivity contribution in [2.45, 2.75) is 96.6 Å². The van der Waals surface area contributed by atoms with Gasteiger partial charge in [0.2, 0.25) is 0 Å². The number of aromatic hydroxyl groups is 1. The topological polar surface area (TPSA) is 113 Å². The molecule has 1 fully saturated rings. The van der Waals surface area contributed by atoms with Crippen LogP contribution in [-0.2, 0) is 14.3 Å². The molecule has 0 amide bonds. The molecular formula is C28H40O7. The van der Waals surface area contributed by atoms with Gasteiger partial charge in [-0.1, -0.05) is 17.7 Å².